The highest BCUT2D eigenvalue weighted by molar-refractivity contribution is 5.89. The van der Waals surface area contributed by atoms with Crippen molar-refractivity contribution in [2.24, 2.45) is 23.2 Å². The maximum absolute atomic E-state index is 12.8. The zero-order valence-electron chi connectivity index (χ0n) is 17.7. The minimum atomic E-state index is -0.955. The summed E-state index contributed by atoms with van der Waals surface area (Å²) in [7, 11) is 1.72. The first-order valence-electron chi connectivity index (χ1n) is 10.6. The summed E-state index contributed by atoms with van der Waals surface area (Å²) in [5, 5.41) is 0. The molecule has 0 spiro atoms. The van der Waals surface area contributed by atoms with E-state index in [1.54, 1.807) is 14.0 Å². The third-order valence-corrected chi connectivity index (χ3v) is 8.23. The van der Waals surface area contributed by atoms with E-state index in [0.717, 1.165) is 31.4 Å². The monoisotopic (exact) mass is 384 g/mol. The minimum Gasteiger partial charge on any atom is -0.497 e. The maximum Gasteiger partial charge on any atom is 0.303 e. The molecular weight excluding hydrogens is 352 g/mol. The van der Waals surface area contributed by atoms with Gasteiger partial charge >= 0.3 is 5.97 Å². The summed E-state index contributed by atoms with van der Waals surface area (Å²) >= 11 is 0. The van der Waals surface area contributed by atoms with E-state index < -0.39 is 5.60 Å². The quantitative estimate of drug-likeness (QED) is 0.710. The van der Waals surface area contributed by atoms with Crippen LogP contribution >= 0.6 is 0 Å². The van der Waals surface area contributed by atoms with Crippen LogP contribution in [0.1, 0.15) is 70.4 Å². The number of ether oxygens (including phenoxy) is 2. The summed E-state index contributed by atoms with van der Waals surface area (Å²) in [6.45, 7) is 7.57. The molecule has 1 aromatic carbocycles. The fraction of sp³-hybridized carbons (Fsp3) is 0.667. The van der Waals surface area contributed by atoms with Gasteiger partial charge in [0.2, 0.25) is 0 Å². The van der Waals surface area contributed by atoms with Crippen molar-refractivity contribution in [1.29, 1.82) is 0 Å². The van der Waals surface area contributed by atoms with Gasteiger partial charge in [-0.05, 0) is 86.0 Å². The second-order valence-electron chi connectivity index (χ2n) is 9.51. The van der Waals surface area contributed by atoms with Crippen molar-refractivity contribution in [1.82, 2.24) is 0 Å². The van der Waals surface area contributed by atoms with Crippen molar-refractivity contribution < 1.29 is 19.1 Å². The van der Waals surface area contributed by atoms with Gasteiger partial charge in [0.25, 0.3) is 0 Å². The number of hydrogen-bond acceptors (Lipinski definition) is 4. The minimum absolute atomic E-state index is 0.0132. The standard InChI is InChI=1S/C24H32O4/c1-14-13-23(4)21(10-11-24(23,15(2)25)28-16(3)26)20-8-6-17-12-18(27-5)7-9-19(17)22(14)20/h7,9,12,14,20-22H,6,8,10-11,13H2,1-5H3/t14?,20?,21?,22?,23?,24-/m1/s1. The van der Waals surface area contributed by atoms with Crippen LogP contribution < -0.4 is 4.74 Å². The molecule has 0 aromatic heterocycles. The number of rotatable bonds is 3. The van der Waals surface area contributed by atoms with E-state index in [1.807, 2.05) is 0 Å². The van der Waals surface area contributed by atoms with Crippen LogP contribution in [0.4, 0.5) is 0 Å². The zero-order chi connectivity index (χ0) is 20.3. The third-order valence-electron chi connectivity index (χ3n) is 8.23. The summed E-state index contributed by atoms with van der Waals surface area (Å²) in [4.78, 5) is 24.7. The molecule has 3 aliphatic rings. The Balaban J connectivity index is 1.75. The Hall–Kier alpha value is -1.84. The number of benzene rings is 1. The highest BCUT2D eigenvalue weighted by atomic mass is 16.6. The molecule has 0 heterocycles. The molecular formula is C24H32O4. The molecule has 4 heteroatoms. The van der Waals surface area contributed by atoms with E-state index in [4.69, 9.17) is 9.47 Å². The van der Waals surface area contributed by atoms with Crippen molar-refractivity contribution in [3.8, 4) is 5.75 Å². The molecule has 0 N–H and O–H groups in total. The molecule has 2 fully saturated rings. The van der Waals surface area contributed by atoms with Crippen LogP contribution in [0.2, 0.25) is 0 Å². The number of carbonyl (C=O) groups excluding carboxylic acids is 2. The van der Waals surface area contributed by atoms with Gasteiger partial charge in [-0.1, -0.05) is 19.9 Å². The SMILES string of the molecule is COc1ccc2c(c1)CCC1C2C(C)CC2(C)C1CC[C@@]2(OC(C)=O)C(C)=O. The number of Topliss-reactive ketones (excluding diaryl/α,β-unsaturated/α-hetero) is 1. The molecule has 4 nitrogen and oxygen atoms in total. The Morgan fingerprint density at radius 2 is 1.93 bits per heavy atom. The highest BCUT2D eigenvalue weighted by Gasteiger charge is 2.67. The van der Waals surface area contributed by atoms with Gasteiger partial charge in [0.1, 0.15) is 5.75 Å². The number of methoxy groups -OCH3 is 1. The van der Waals surface area contributed by atoms with Gasteiger partial charge in [-0.2, -0.15) is 0 Å². The van der Waals surface area contributed by atoms with Crippen molar-refractivity contribution >= 4 is 11.8 Å². The van der Waals surface area contributed by atoms with Gasteiger partial charge in [-0.3, -0.25) is 9.59 Å². The molecule has 152 valence electrons. The van der Waals surface area contributed by atoms with Gasteiger partial charge in [-0.25, -0.2) is 0 Å². The smallest absolute Gasteiger partial charge is 0.303 e. The fourth-order valence-electron chi connectivity index (χ4n) is 7.29. The van der Waals surface area contributed by atoms with E-state index in [9.17, 15) is 9.59 Å². The number of hydrogen-bond donors (Lipinski definition) is 0. The molecule has 4 rings (SSSR count). The summed E-state index contributed by atoms with van der Waals surface area (Å²) in [6, 6.07) is 6.53. The van der Waals surface area contributed by atoms with Crippen molar-refractivity contribution in [3.05, 3.63) is 29.3 Å². The van der Waals surface area contributed by atoms with Crippen molar-refractivity contribution in [3.63, 3.8) is 0 Å². The van der Waals surface area contributed by atoms with Crippen LogP contribution in [0.25, 0.3) is 0 Å². The van der Waals surface area contributed by atoms with Crippen LogP contribution in [0.5, 0.6) is 5.75 Å². The summed E-state index contributed by atoms with van der Waals surface area (Å²) in [5.41, 5.74) is 1.63. The first-order chi connectivity index (χ1) is 13.2. The highest BCUT2D eigenvalue weighted by Crippen LogP contribution is 2.67. The molecule has 28 heavy (non-hydrogen) atoms. The lowest BCUT2D eigenvalue weighted by Crippen LogP contribution is -2.58. The molecule has 0 amide bonds. The van der Waals surface area contributed by atoms with E-state index in [0.29, 0.717) is 30.1 Å². The van der Waals surface area contributed by atoms with Gasteiger partial charge in [0.05, 0.1) is 7.11 Å². The number of esters is 1. The lowest BCUT2D eigenvalue weighted by Gasteiger charge is -2.55. The van der Waals surface area contributed by atoms with E-state index in [1.165, 1.54) is 18.1 Å². The van der Waals surface area contributed by atoms with Crippen molar-refractivity contribution in [2.75, 3.05) is 7.11 Å². The summed E-state index contributed by atoms with van der Waals surface area (Å²) in [6.07, 6.45) is 4.71. The molecule has 3 aliphatic carbocycles. The molecule has 0 saturated heterocycles. The largest absolute Gasteiger partial charge is 0.497 e. The van der Waals surface area contributed by atoms with E-state index >= 15 is 0 Å². The molecule has 0 radical (unpaired) electrons. The van der Waals surface area contributed by atoms with Crippen molar-refractivity contribution in [2.45, 2.75) is 71.3 Å². The normalized spacial score (nSPS) is 38.8. The Kier molecular flexibility index (Phi) is 4.59. The van der Waals surface area contributed by atoms with Crippen LogP contribution in [0, 0.1) is 23.2 Å². The number of fused-ring (bicyclic) bond motifs is 5. The molecule has 1 aromatic rings. The molecule has 0 bridgehead atoms. The van der Waals surface area contributed by atoms with Gasteiger partial charge in [-0.15, -0.1) is 0 Å². The first kappa shape index (κ1) is 19.5. The van der Waals surface area contributed by atoms with Gasteiger partial charge in [0.15, 0.2) is 11.4 Å². The third kappa shape index (κ3) is 2.56. The average Bonchev–Trinajstić information content (AvgIpc) is 2.93. The van der Waals surface area contributed by atoms with E-state index in [-0.39, 0.29) is 17.2 Å². The predicted molar refractivity (Wildman–Crippen MR) is 107 cm³/mol. The molecule has 2 saturated carbocycles. The Labute approximate surface area is 168 Å². The fourth-order valence-corrected chi connectivity index (χ4v) is 7.29. The zero-order valence-corrected chi connectivity index (χ0v) is 17.7. The second-order valence-corrected chi connectivity index (χ2v) is 9.51. The number of aryl methyl sites for hydroxylation is 1. The molecule has 5 unspecified atom stereocenters. The lowest BCUT2D eigenvalue weighted by atomic mass is 9.50. The van der Waals surface area contributed by atoms with E-state index in [2.05, 4.69) is 32.0 Å². The van der Waals surface area contributed by atoms with Gasteiger partial charge in [0, 0.05) is 12.3 Å². The van der Waals surface area contributed by atoms with Crippen LogP contribution in [-0.4, -0.2) is 24.5 Å². The second kappa shape index (κ2) is 6.60. The Morgan fingerprint density at radius 3 is 2.57 bits per heavy atom. The Morgan fingerprint density at radius 1 is 1.18 bits per heavy atom. The molecule has 6 atom stereocenters. The Bertz CT molecular complexity index is 815. The first-order valence-corrected chi connectivity index (χ1v) is 10.6. The predicted octanol–water partition coefficient (Wildman–Crippen LogP) is 4.69. The molecule has 0 aliphatic heterocycles. The number of ketones is 1. The maximum atomic E-state index is 12.8. The van der Waals surface area contributed by atoms with Gasteiger partial charge < -0.3 is 9.47 Å². The van der Waals surface area contributed by atoms with Crippen LogP contribution in [0.3, 0.4) is 0 Å². The summed E-state index contributed by atoms with van der Waals surface area (Å²) < 4.78 is 11.3. The topological polar surface area (TPSA) is 52.6 Å². The number of carbonyl (C=O) groups is 2. The van der Waals surface area contributed by atoms with Crippen LogP contribution in [-0.2, 0) is 20.7 Å². The lowest BCUT2D eigenvalue weighted by molar-refractivity contribution is -0.186. The van der Waals surface area contributed by atoms with Crippen LogP contribution in [0.15, 0.2) is 18.2 Å². The summed E-state index contributed by atoms with van der Waals surface area (Å²) in [5.74, 6) is 2.49. The average molecular weight is 385 g/mol.